The average Bonchev–Trinajstić information content (AvgIpc) is 1.65. The molecular formula is C5H13BiO2. The second-order valence-corrected chi connectivity index (χ2v) is 1.65. The van der Waals surface area contributed by atoms with Gasteiger partial charge < -0.3 is 5.11 Å². The quantitative estimate of drug-likeness (QED) is 0.725. The van der Waals surface area contributed by atoms with Crippen LogP contribution in [0.3, 0.4) is 0 Å². The minimum absolute atomic E-state index is 0. The zero-order valence-corrected chi connectivity index (χ0v) is 10.8. The van der Waals surface area contributed by atoms with Gasteiger partial charge in [-0.3, -0.25) is 4.79 Å². The van der Waals surface area contributed by atoms with Crippen LogP contribution in [-0.4, -0.2) is 37.3 Å². The Bertz CT molecular complexity index is 72.8. The summed E-state index contributed by atoms with van der Waals surface area (Å²) in [4.78, 5) is 9.93. The van der Waals surface area contributed by atoms with E-state index in [0.29, 0.717) is 0 Å². The molecule has 3 heteroatoms. The summed E-state index contributed by atoms with van der Waals surface area (Å²) in [5.74, 6) is -0.887. The summed E-state index contributed by atoms with van der Waals surface area (Å²) in [5.41, 5.74) is 0. The van der Waals surface area contributed by atoms with Crippen molar-refractivity contribution in [1.29, 1.82) is 0 Å². The summed E-state index contributed by atoms with van der Waals surface area (Å²) in [6.07, 6.45) is 0.718. The van der Waals surface area contributed by atoms with Crippen molar-refractivity contribution in [2.45, 2.75) is 20.3 Å². The van der Waals surface area contributed by atoms with Crippen LogP contribution in [0, 0.1) is 5.92 Å². The van der Waals surface area contributed by atoms with Gasteiger partial charge in [-0.2, -0.15) is 0 Å². The molecule has 0 aliphatic heterocycles. The van der Waals surface area contributed by atoms with E-state index in [-0.39, 0.29) is 32.1 Å². The topological polar surface area (TPSA) is 37.3 Å². The molecule has 8 heavy (non-hydrogen) atoms. The Balaban J connectivity index is 0. The van der Waals surface area contributed by atoms with E-state index in [1.165, 1.54) is 0 Å². The van der Waals surface area contributed by atoms with E-state index >= 15 is 0 Å². The molecule has 0 aromatic heterocycles. The van der Waals surface area contributed by atoms with Crippen LogP contribution in [0.25, 0.3) is 0 Å². The fourth-order valence-electron chi connectivity index (χ4n) is 0.175. The summed E-state index contributed by atoms with van der Waals surface area (Å²) in [6.45, 7) is 3.56. The van der Waals surface area contributed by atoms with E-state index in [2.05, 4.69) is 0 Å². The summed E-state index contributed by atoms with van der Waals surface area (Å²) < 4.78 is 0. The molecule has 0 aromatic carbocycles. The first-order valence-electron chi connectivity index (χ1n) is 2.41. The molecule has 0 aliphatic carbocycles. The van der Waals surface area contributed by atoms with Crippen molar-refractivity contribution in [3.05, 3.63) is 0 Å². The van der Waals surface area contributed by atoms with Crippen molar-refractivity contribution >= 4 is 32.2 Å². The van der Waals surface area contributed by atoms with Gasteiger partial charge in [0.1, 0.15) is 0 Å². The van der Waals surface area contributed by atoms with Crippen LogP contribution < -0.4 is 0 Å². The Labute approximate surface area is 68.4 Å². The van der Waals surface area contributed by atoms with Crippen LogP contribution in [0.2, 0.25) is 0 Å². The summed E-state index contributed by atoms with van der Waals surface area (Å²) in [6, 6.07) is 0. The molecule has 1 N–H and O–H groups in total. The Morgan fingerprint density at radius 1 is 1.75 bits per heavy atom. The van der Waals surface area contributed by atoms with Gasteiger partial charge in [-0.25, -0.2) is 0 Å². The van der Waals surface area contributed by atoms with Gasteiger partial charge in [-0.05, 0) is 6.42 Å². The first-order valence-corrected chi connectivity index (χ1v) is 2.41. The van der Waals surface area contributed by atoms with E-state index in [1.807, 2.05) is 6.92 Å². The molecule has 50 valence electrons. The van der Waals surface area contributed by atoms with Crippen LogP contribution in [0.1, 0.15) is 20.3 Å². The second-order valence-electron chi connectivity index (χ2n) is 1.65. The van der Waals surface area contributed by atoms with Crippen molar-refractivity contribution < 1.29 is 9.90 Å². The van der Waals surface area contributed by atoms with Crippen LogP contribution in [0.4, 0.5) is 0 Å². The number of aliphatic carboxylic acids is 1. The zero-order valence-electron chi connectivity index (χ0n) is 5.35. The van der Waals surface area contributed by atoms with E-state index in [9.17, 15) is 4.79 Å². The number of carboxylic acid groups (broad SMARTS) is 1. The molecule has 1 atom stereocenters. The standard InChI is InChI=1S/C5H10O2.Bi.3H/c1-3-4(2)5(6)7;;;;/h4H,3H2,1-2H3,(H,6,7);;;;. The molecule has 0 aromatic rings. The molecule has 0 bridgehead atoms. The van der Waals surface area contributed by atoms with E-state index in [1.54, 1.807) is 6.92 Å². The Kier molecular flexibility index (Phi) is 7.68. The molecule has 0 heterocycles. The molecule has 0 saturated carbocycles. The second kappa shape index (κ2) is 5.49. The third kappa shape index (κ3) is 4.51. The van der Waals surface area contributed by atoms with Crippen molar-refractivity contribution in [3.63, 3.8) is 0 Å². The number of carboxylic acids is 1. The van der Waals surface area contributed by atoms with Crippen molar-refractivity contribution in [2.24, 2.45) is 5.92 Å². The first kappa shape index (κ1) is 11.2. The van der Waals surface area contributed by atoms with Crippen molar-refractivity contribution in [3.8, 4) is 0 Å². The third-order valence-electron chi connectivity index (χ3n) is 1.03. The number of hydrogen-bond donors (Lipinski definition) is 1. The molecule has 0 amide bonds. The molecule has 0 spiro atoms. The van der Waals surface area contributed by atoms with E-state index < -0.39 is 5.97 Å². The molecule has 0 fully saturated rings. The fourth-order valence-corrected chi connectivity index (χ4v) is 0.175. The molecule has 0 radical (unpaired) electrons. The van der Waals surface area contributed by atoms with Crippen molar-refractivity contribution in [2.75, 3.05) is 0 Å². The maximum atomic E-state index is 9.93. The van der Waals surface area contributed by atoms with E-state index in [0.717, 1.165) is 6.42 Å². The Hall–Kier alpha value is 0.353. The van der Waals surface area contributed by atoms with Gasteiger partial charge in [0.2, 0.25) is 0 Å². The molecule has 0 saturated heterocycles. The Morgan fingerprint density at radius 2 is 2.12 bits per heavy atom. The average molecular weight is 314 g/mol. The summed E-state index contributed by atoms with van der Waals surface area (Å²) in [5, 5.41) is 8.18. The SMILES string of the molecule is CCC(C)C(=O)O.[BiH3]. The molecule has 0 rings (SSSR count). The molecule has 1 unspecified atom stereocenters. The van der Waals surface area contributed by atoms with Crippen LogP contribution in [0.5, 0.6) is 0 Å². The number of carbonyl (C=O) groups is 1. The van der Waals surface area contributed by atoms with E-state index in [4.69, 9.17) is 5.11 Å². The predicted molar refractivity (Wildman–Crippen MR) is 37.0 cm³/mol. The first-order chi connectivity index (χ1) is 3.18. The van der Waals surface area contributed by atoms with Crippen molar-refractivity contribution in [1.82, 2.24) is 0 Å². The number of hydrogen-bond acceptors (Lipinski definition) is 1. The molecule has 0 aliphatic rings. The van der Waals surface area contributed by atoms with Gasteiger partial charge >= 0.3 is 32.2 Å². The van der Waals surface area contributed by atoms with Gasteiger partial charge in [-0.15, -0.1) is 0 Å². The van der Waals surface area contributed by atoms with Gasteiger partial charge in [0.25, 0.3) is 0 Å². The monoisotopic (exact) mass is 314 g/mol. The fraction of sp³-hybridized carbons (Fsp3) is 0.800. The molecular weight excluding hydrogens is 301 g/mol. The number of rotatable bonds is 2. The minimum atomic E-state index is -0.706. The Morgan fingerprint density at radius 3 is 2.12 bits per heavy atom. The molecule has 2 nitrogen and oxygen atoms in total. The van der Waals surface area contributed by atoms with Crippen LogP contribution in [0.15, 0.2) is 0 Å². The van der Waals surface area contributed by atoms with Crippen LogP contribution >= 0.6 is 0 Å². The van der Waals surface area contributed by atoms with Gasteiger partial charge in [0, 0.05) is 0 Å². The van der Waals surface area contributed by atoms with Gasteiger partial charge in [-0.1, -0.05) is 13.8 Å². The summed E-state index contributed by atoms with van der Waals surface area (Å²) >= 11 is 0. The summed E-state index contributed by atoms with van der Waals surface area (Å²) in [7, 11) is 0. The van der Waals surface area contributed by atoms with Gasteiger partial charge in [0.05, 0.1) is 5.92 Å². The van der Waals surface area contributed by atoms with Crippen LogP contribution in [-0.2, 0) is 4.79 Å². The maximum absolute atomic E-state index is 9.93. The predicted octanol–water partition coefficient (Wildman–Crippen LogP) is -0.0668. The van der Waals surface area contributed by atoms with Gasteiger partial charge in [0.15, 0.2) is 0 Å². The zero-order chi connectivity index (χ0) is 5.86. The third-order valence-corrected chi connectivity index (χ3v) is 1.03. The normalized spacial score (nSPS) is 11.8.